The van der Waals surface area contributed by atoms with Gasteiger partial charge in [0.05, 0.1) is 0 Å². The molecule has 0 saturated carbocycles. The minimum atomic E-state index is -0.299. The summed E-state index contributed by atoms with van der Waals surface area (Å²) in [6.07, 6.45) is 2.56. The minimum absolute atomic E-state index is 0.123. The van der Waals surface area contributed by atoms with Gasteiger partial charge in [-0.15, -0.1) is 0 Å². The average molecular weight is 256 g/mol. The first-order chi connectivity index (χ1) is 9.20. The number of hydrogen-bond acceptors (Lipinski definition) is 2. The van der Waals surface area contributed by atoms with Crippen LogP contribution in [0.2, 0.25) is 0 Å². The van der Waals surface area contributed by atoms with Gasteiger partial charge in [0.2, 0.25) is 0 Å². The molecule has 19 heavy (non-hydrogen) atoms. The van der Waals surface area contributed by atoms with Crippen LogP contribution in [0, 0.1) is 5.82 Å². The molecule has 1 N–H and O–H groups in total. The monoisotopic (exact) mass is 256 g/mol. The number of rotatable bonds is 4. The number of hydrogen-bond donors (Lipinski definition) is 1. The first-order valence-corrected chi connectivity index (χ1v) is 5.88. The van der Waals surface area contributed by atoms with Crippen LogP contribution in [0.4, 0.5) is 4.39 Å². The van der Waals surface area contributed by atoms with Crippen molar-refractivity contribution in [2.24, 2.45) is 0 Å². The van der Waals surface area contributed by atoms with E-state index in [-0.39, 0.29) is 11.6 Å². The number of phenols is 1. The molecule has 2 rings (SSSR count). The molecular formula is C16H13FO2. The van der Waals surface area contributed by atoms with Crippen molar-refractivity contribution in [3.63, 3.8) is 0 Å². The Morgan fingerprint density at radius 3 is 2.42 bits per heavy atom. The largest absolute Gasteiger partial charge is 0.507 e. The number of carbonyl (C=O) groups is 1. The fraction of sp³-hybridized carbons (Fsp3) is 0.0625. The molecule has 96 valence electrons. The zero-order valence-electron chi connectivity index (χ0n) is 10.2. The van der Waals surface area contributed by atoms with E-state index in [0.29, 0.717) is 23.8 Å². The predicted molar refractivity (Wildman–Crippen MR) is 72.3 cm³/mol. The summed E-state index contributed by atoms with van der Waals surface area (Å²) in [7, 11) is 0. The van der Waals surface area contributed by atoms with Gasteiger partial charge in [-0.05, 0) is 41.8 Å². The van der Waals surface area contributed by atoms with Gasteiger partial charge < -0.3 is 5.11 Å². The third-order valence-electron chi connectivity index (χ3n) is 2.83. The third kappa shape index (κ3) is 3.28. The van der Waals surface area contributed by atoms with Gasteiger partial charge in [0.15, 0.2) is 0 Å². The number of phenolic OH excluding ortho intramolecular Hbond substituents is 1. The second kappa shape index (κ2) is 5.96. The van der Waals surface area contributed by atoms with Gasteiger partial charge in [-0.2, -0.15) is 0 Å². The molecule has 0 atom stereocenters. The molecule has 0 bridgehead atoms. The topological polar surface area (TPSA) is 37.3 Å². The molecule has 2 nitrogen and oxygen atoms in total. The number of benzene rings is 2. The summed E-state index contributed by atoms with van der Waals surface area (Å²) < 4.78 is 12.8. The fourth-order valence-corrected chi connectivity index (χ4v) is 1.89. The molecule has 0 amide bonds. The Morgan fingerprint density at radius 2 is 1.79 bits per heavy atom. The first kappa shape index (κ1) is 13.0. The zero-order chi connectivity index (χ0) is 13.7. The summed E-state index contributed by atoms with van der Waals surface area (Å²) in [5.41, 5.74) is 2.18. The van der Waals surface area contributed by atoms with E-state index in [1.54, 1.807) is 36.4 Å². The number of carbonyl (C=O) groups excluding carboxylic acids is 1. The lowest BCUT2D eigenvalue weighted by Crippen LogP contribution is -1.92. The van der Waals surface area contributed by atoms with Gasteiger partial charge in [0, 0.05) is 5.56 Å². The normalized spacial score (nSPS) is 11.3. The number of allylic oxidation sites excluding steroid dienone is 2. The van der Waals surface area contributed by atoms with E-state index in [1.807, 2.05) is 0 Å². The van der Waals surface area contributed by atoms with Crippen LogP contribution in [0.25, 0.3) is 5.57 Å². The Kier molecular flexibility index (Phi) is 4.08. The summed E-state index contributed by atoms with van der Waals surface area (Å²) >= 11 is 0. The highest BCUT2D eigenvalue weighted by Crippen LogP contribution is 2.27. The van der Waals surface area contributed by atoms with E-state index >= 15 is 0 Å². The van der Waals surface area contributed by atoms with Crippen LogP contribution in [-0.4, -0.2) is 11.4 Å². The average Bonchev–Trinajstić information content (AvgIpc) is 2.41. The van der Waals surface area contributed by atoms with Gasteiger partial charge in [-0.3, -0.25) is 4.79 Å². The highest BCUT2D eigenvalue weighted by molar-refractivity contribution is 5.84. The molecule has 0 fully saturated rings. The fourth-order valence-electron chi connectivity index (χ4n) is 1.89. The van der Waals surface area contributed by atoms with E-state index in [4.69, 9.17) is 0 Å². The molecule has 0 heterocycles. The van der Waals surface area contributed by atoms with Crippen molar-refractivity contribution < 1.29 is 14.3 Å². The Hall–Kier alpha value is -2.42. The highest BCUT2D eigenvalue weighted by atomic mass is 19.1. The Balaban J connectivity index is 2.32. The van der Waals surface area contributed by atoms with Crippen molar-refractivity contribution in [2.75, 3.05) is 0 Å². The smallest absolute Gasteiger partial charge is 0.143 e. The molecule has 0 aliphatic carbocycles. The molecule has 0 saturated heterocycles. The maximum atomic E-state index is 12.8. The van der Waals surface area contributed by atoms with Crippen molar-refractivity contribution >= 4 is 11.9 Å². The van der Waals surface area contributed by atoms with Crippen molar-refractivity contribution in [2.45, 2.75) is 6.42 Å². The van der Waals surface area contributed by atoms with Gasteiger partial charge in [0.25, 0.3) is 0 Å². The SMILES string of the molecule is O=CC=C(Cc1ccc(F)cc1)c1ccccc1O. The summed E-state index contributed by atoms with van der Waals surface area (Å²) in [4.78, 5) is 10.7. The lowest BCUT2D eigenvalue weighted by atomic mass is 9.97. The van der Waals surface area contributed by atoms with Crippen LogP contribution in [0.15, 0.2) is 54.6 Å². The van der Waals surface area contributed by atoms with Crippen LogP contribution >= 0.6 is 0 Å². The number of aldehydes is 1. The van der Waals surface area contributed by atoms with E-state index < -0.39 is 0 Å². The maximum absolute atomic E-state index is 12.8. The Bertz CT molecular complexity index is 600. The number of aromatic hydroxyl groups is 1. The molecule has 0 radical (unpaired) electrons. The quantitative estimate of drug-likeness (QED) is 0.672. The Morgan fingerprint density at radius 1 is 1.11 bits per heavy atom. The molecular weight excluding hydrogens is 243 g/mol. The molecule has 0 aliphatic rings. The van der Waals surface area contributed by atoms with Gasteiger partial charge in [-0.1, -0.05) is 30.3 Å². The number of para-hydroxylation sites is 1. The van der Waals surface area contributed by atoms with E-state index in [2.05, 4.69) is 0 Å². The van der Waals surface area contributed by atoms with Crippen molar-refractivity contribution in [1.29, 1.82) is 0 Å². The van der Waals surface area contributed by atoms with E-state index in [0.717, 1.165) is 5.56 Å². The summed E-state index contributed by atoms with van der Waals surface area (Å²) in [6.45, 7) is 0. The lowest BCUT2D eigenvalue weighted by molar-refractivity contribution is -0.104. The predicted octanol–water partition coefficient (Wildman–Crippen LogP) is 3.36. The molecule has 2 aromatic carbocycles. The summed E-state index contributed by atoms with van der Waals surface area (Å²) in [6, 6.07) is 12.9. The van der Waals surface area contributed by atoms with E-state index in [1.165, 1.54) is 18.2 Å². The Labute approximate surface area is 110 Å². The summed E-state index contributed by atoms with van der Waals surface area (Å²) in [5.74, 6) is -0.176. The number of halogens is 1. The lowest BCUT2D eigenvalue weighted by Gasteiger charge is -2.09. The second-order valence-corrected chi connectivity index (χ2v) is 4.15. The molecule has 0 aliphatic heterocycles. The second-order valence-electron chi connectivity index (χ2n) is 4.15. The molecule has 2 aromatic rings. The van der Waals surface area contributed by atoms with Gasteiger partial charge >= 0.3 is 0 Å². The van der Waals surface area contributed by atoms with Crippen LogP contribution in [0.5, 0.6) is 5.75 Å². The van der Waals surface area contributed by atoms with Gasteiger partial charge in [0.1, 0.15) is 17.9 Å². The molecule has 0 unspecified atom stereocenters. The van der Waals surface area contributed by atoms with Crippen LogP contribution < -0.4 is 0 Å². The van der Waals surface area contributed by atoms with Crippen molar-refractivity contribution in [3.05, 3.63) is 71.6 Å². The maximum Gasteiger partial charge on any atom is 0.143 e. The summed E-state index contributed by atoms with van der Waals surface area (Å²) in [5, 5.41) is 9.81. The molecule has 0 aromatic heterocycles. The zero-order valence-corrected chi connectivity index (χ0v) is 10.2. The third-order valence-corrected chi connectivity index (χ3v) is 2.83. The minimum Gasteiger partial charge on any atom is -0.507 e. The van der Waals surface area contributed by atoms with Crippen molar-refractivity contribution in [1.82, 2.24) is 0 Å². The van der Waals surface area contributed by atoms with E-state index in [9.17, 15) is 14.3 Å². The molecule has 0 spiro atoms. The van der Waals surface area contributed by atoms with Crippen LogP contribution in [-0.2, 0) is 11.2 Å². The van der Waals surface area contributed by atoms with Gasteiger partial charge in [-0.25, -0.2) is 4.39 Å². The standard InChI is InChI=1S/C16H13FO2/c17-14-7-5-12(6-8-14)11-13(9-10-18)15-3-1-2-4-16(15)19/h1-10,19H,11H2. The highest BCUT2D eigenvalue weighted by Gasteiger charge is 2.07. The van der Waals surface area contributed by atoms with Crippen molar-refractivity contribution in [3.8, 4) is 5.75 Å². The van der Waals surface area contributed by atoms with Crippen LogP contribution in [0.3, 0.4) is 0 Å². The molecule has 3 heteroatoms. The van der Waals surface area contributed by atoms with Crippen LogP contribution in [0.1, 0.15) is 11.1 Å². The first-order valence-electron chi connectivity index (χ1n) is 5.88.